The molecule has 1 unspecified atom stereocenters. The molecule has 0 spiro atoms. The lowest BCUT2D eigenvalue weighted by Gasteiger charge is -2.42. The van der Waals surface area contributed by atoms with Crippen LogP contribution < -0.4 is 5.73 Å². The second kappa shape index (κ2) is 5.77. The molecule has 1 aliphatic heterocycles. The minimum absolute atomic E-state index is 0.0212. The summed E-state index contributed by atoms with van der Waals surface area (Å²) in [5, 5.41) is 12.0. The van der Waals surface area contributed by atoms with Gasteiger partial charge in [-0.05, 0) is 32.6 Å². The molecular formula is C13H23N3O3. The summed E-state index contributed by atoms with van der Waals surface area (Å²) >= 11 is 0. The fraction of sp³-hybridized carbons (Fsp3) is 0.846. The van der Waals surface area contributed by atoms with Crippen molar-refractivity contribution in [3.05, 3.63) is 0 Å². The van der Waals surface area contributed by atoms with Crippen LogP contribution in [-0.2, 0) is 9.53 Å². The van der Waals surface area contributed by atoms with Gasteiger partial charge in [0.25, 0.3) is 0 Å². The van der Waals surface area contributed by atoms with Crippen molar-refractivity contribution < 1.29 is 14.7 Å². The van der Waals surface area contributed by atoms with Gasteiger partial charge in [-0.1, -0.05) is 11.6 Å². The average Bonchev–Trinajstić information content (AvgIpc) is 2.86. The molecule has 3 N–H and O–H groups in total. The van der Waals surface area contributed by atoms with Gasteiger partial charge in [-0.25, -0.2) is 0 Å². The van der Waals surface area contributed by atoms with Crippen molar-refractivity contribution >= 4 is 11.7 Å². The zero-order valence-electron chi connectivity index (χ0n) is 11.5. The first-order chi connectivity index (χ1) is 9.14. The van der Waals surface area contributed by atoms with Gasteiger partial charge in [0, 0.05) is 19.7 Å². The molecule has 19 heavy (non-hydrogen) atoms. The van der Waals surface area contributed by atoms with Crippen molar-refractivity contribution in [3.63, 3.8) is 0 Å². The highest BCUT2D eigenvalue weighted by Crippen LogP contribution is 2.42. The first kappa shape index (κ1) is 14.1. The third kappa shape index (κ3) is 2.54. The van der Waals surface area contributed by atoms with E-state index in [-0.39, 0.29) is 17.8 Å². The molecule has 0 aromatic heterocycles. The van der Waals surface area contributed by atoms with Crippen molar-refractivity contribution in [2.24, 2.45) is 16.3 Å². The highest BCUT2D eigenvalue weighted by atomic mass is 16.5. The smallest absolute Gasteiger partial charge is 0.236 e. The van der Waals surface area contributed by atoms with Crippen LogP contribution in [0.1, 0.15) is 39.0 Å². The average molecular weight is 269 g/mol. The molecule has 1 saturated carbocycles. The summed E-state index contributed by atoms with van der Waals surface area (Å²) in [5.74, 6) is 0.0293. The molecule has 1 heterocycles. The predicted octanol–water partition coefficient (Wildman–Crippen LogP) is 0.931. The van der Waals surface area contributed by atoms with E-state index in [0.717, 1.165) is 25.9 Å². The highest BCUT2D eigenvalue weighted by molar-refractivity contribution is 6.07. The van der Waals surface area contributed by atoms with Gasteiger partial charge in [-0.3, -0.25) is 4.79 Å². The molecule has 1 aliphatic carbocycles. The molecule has 0 bridgehead atoms. The Morgan fingerprint density at radius 2 is 2.26 bits per heavy atom. The van der Waals surface area contributed by atoms with E-state index < -0.39 is 5.41 Å². The second-order valence-corrected chi connectivity index (χ2v) is 5.40. The lowest BCUT2D eigenvalue weighted by Crippen LogP contribution is -2.56. The first-order valence-corrected chi connectivity index (χ1v) is 7.03. The van der Waals surface area contributed by atoms with Gasteiger partial charge in [0.2, 0.25) is 5.91 Å². The van der Waals surface area contributed by atoms with Crippen molar-refractivity contribution in [3.8, 4) is 0 Å². The Morgan fingerprint density at radius 1 is 1.53 bits per heavy atom. The fourth-order valence-electron chi connectivity index (χ4n) is 2.90. The van der Waals surface area contributed by atoms with Gasteiger partial charge in [-0.2, -0.15) is 0 Å². The van der Waals surface area contributed by atoms with Crippen LogP contribution in [0.5, 0.6) is 0 Å². The second-order valence-electron chi connectivity index (χ2n) is 5.40. The monoisotopic (exact) mass is 269 g/mol. The summed E-state index contributed by atoms with van der Waals surface area (Å²) < 4.78 is 5.58. The van der Waals surface area contributed by atoms with Crippen molar-refractivity contribution in [2.45, 2.75) is 45.1 Å². The van der Waals surface area contributed by atoms with Crippen LogP contribution >= 0.6 is 0 Å². The van der Waals surface area contributed by atoms with Gasteiger partial charge >= 0.3 is 0 Å². The van der Waals surface area contributed by atoms with Gasteiger partial charge in [-0.15, -0.1) is 0 Å². The maximum atomic E-state index is 12.7. The van der Waals surface area contributed by atoms with Crippen LogP contribution in [0.3, 0.4) is 0 Å². The largest absolute Gasteiger partial charge is 0.409 e. The van der Waals surface area contributed by atoms with E-state index in [9.17, 15) is 4.79 Å². The molecule has 2 rings (SSSR count). The van der Waals surface area contributed by atoms with E-state index in [4.69, 9.17) is 15.7 Å². The molecule has 1 atom stereocenters. The molecule has 0 radical (unpaired) electrons. The fourth-order valence-corrected chi connectivity index (χ4v) is 2.90. The van der Waals surface area contributed by atoms with Gasteiger partial charge < -0.3 is 20.6 Å². The van der Waals surface area contributed by atoms with E-state index in [1.165, 1.54) is 0 Å². The van der Waals surface area contributed by atoms with Gasteiger partial charge in [0.1, 0.15) is 5.41 Å². The number of oxime groups is 1. The summed E-state index contributed by atoms with van der Waals surface area (Å²) in [6, 6.07) is 0. The zero-order chi connectivity index (χ0) is 13.9. The van der Waals surface area contributed by atoms with Crippen LogP contribution in [0.2, 0.25) is 0 Å². The molecular weight excluding hydrogens is 246 g/mol. The topological polar surface area (TPSA) is 88.2 Å². The van der Waals surface area contributed by atoms with Crippen molar-refractivity contribution in [2.75, 3.05) is 19.7 Å². The van der Waals surface area contributed by atoms with E-state index in [1.807, 2.05) is 6.92 Å². The van der Waals surface area contributed by atoms with E-state index in [0.29, 0.717) is 25.9 Å². The minimum Gasteiger partial charge on any atom is -0.409 e. The molecule has 6 heteroatoms. The highest BCUT2D eigenvalue weighted by Gasteiger charge is 2.50. The van der Waals surface area contributed by atoms with Crippen LogP contribution in [-0.4, -0.2) is 47.7 Å². The van der Waals surface area contributed by atoms with Crippen LogP contribution in [0.25, 0.3) is 0 Å². The van der Waals surface area contributed by atoms with Gasteiger partial charge in [0.05, 0.1) is 6.10 Å². The number of nitrogens with zero attached hydrogens (tertiary/aromatic N) is 2. The number of ether oxygens (including phenoxy) is 1. The number of nitrogens with two attached hydrogens (primary N) is 1. The van der Waals surface area contributed by atoms with Crippen molar-refractivity contribution in [1.29, 1.82) is 0 Å². The SMILES string of the molecule is CCN(CC1CCCO1)C(=O)C1(C(N)=NO)CCC1. The summed E-state index contributed by atoms with van der Waals surface area (Å²) in [7, 11) is 0. The molecule has 0 aromatic rings. The maximum Gasteiger partial charge on any atom is 0.236 e. The van der Waals surface area contributed by atoms with Crippen molar-refractivity contribution in [1.82, 2.24) is 4.90 Å². The normalized spacial score (nSPS) is 25.9. The van der Waals surface area contributed by atoms with E-state index >= 15 is 0 Å². The lowest BCUT2D eigenvalue weighted by molar-refractivity contribution is -0.143. The maximum absolute atomic E-state index is 12.7. The number of hydrogen-bond acceptors (Lipinski definition) is 4. The molecule has 2 aliphatic rings. The minimum atomic E-state index is -0.774. The number of carbonyl (C=O) groups excluding carboxylic acids is 1. The van der Waals surface area contributed by atoms with E-state index in [1.54, 1.807) is 4.90 Å². The Labute approximate surface area is 113 Å². The summed E-state index contributed by atoms with van der Waals surface area (Å²) in [4.78, 5) is 14.4. The summed E-state index contributed by atoms with van der Waals surface area (Å²) in [6.07, 6.45) is 4.48. The first-order valence-electron chi connectivity index (χ1n) is 7.03. The number of amidine groups is 1. The third-order valence-electron chi connectivity index (χ3n) is 4.33. The number of rotatable bonds is 5. The lowest BCUT2D eigenvalue weighted by atomic mass is 9.66. The quantitative estimate of drug-likeness (QED) is 0.336. The summed E-state index contributed by atoms with van der Waals surface area (Å²) in [6.45, 7) is 3.96. The van der Waals surface area contributed by atoms with Crippen LogP contribution in [0.15, 0.2) is 5.16 Å². The molecule has 1 saturated heterocycles. The Hall–Kier alpha value is -1.30. The Balaban J connectivity index is 2.06. The standard InChI is InChI=1S/C13H23N3O3/c1-2-16(9-10-5-3-8-19-10)12(17)13(6-4-7-13)11(14)15-18/h10,18H,2-9H2,1H3,(H2,14,15). The number of amides is 1. The predicted molar refractivity (Wildman–Crippen MR) is 70.9 cm³/mol. The number of likely N-dealkylation sites (N-methyl/N-ethyl adjacent to an activating group) is 1. The molecule has 2 fully saturated rings. The molecule has 1 amide bonds. The molecule has 6 nitrogen and oxygen atoms in total. The number of carbonyl (C=O) groups is 1. The Bertz CT molecular complexity index is 360. The molecule has 0 aromatic carbocycles. The molecule has 108 valence electrons. The summed E-state index contributed by atoms with van der Waals surface area (Å²) in [5.41, 5.74) is 4.96. The Morgan fingerprint density at radius 3 is 2.68 bits per heavy atom. The van der Waals surface area contributed by atoms with Crippen LogP contribution in [0, 0.1) is 5.41 Å². The number of hydrogen-bond donors (Lipinski definition) is 2. The van der Waals surface area contributed by atoms with Crippen LogP contribution in [0.4, 0.5) is 0 Å². The third-order valence-corrected chi connectivity index (χ3v) is 4.33. The zero-order valence-corrected chi connectivity index (χ0v) is 11.5. The van der Waals surface area contributed by atoms with E-state index in [2.05, 4.69) is 5.16 Å². The van der Waals surface area contributed by atoms with Gasteiger partial charge in [0.15, 0.2) is 5.84 Å². The Kier molecular flexibility index (Phi) is 4.29.